The molecule has 6 heteroatoms. The number of ether oxygens (including phenoxy) is 1. The number of hydrogen-bond donors (Lipinski definition) is 2. The standard InChI is InChI=1S/C16H23NO4S/c1-4-11(2)15(16(19)20)17-14(18)9-10-22-13-7-5-12(21-3)6-8-13/h5-8,11,15H,4,9-10H2,1-3H3,(H,17,18)(H,19,20)/t11-,15-/m0/s1. The number of carboxylic acid groups (broad SMARTS) is 1. The highest BCUT2D eigenvalue weighted by Gasteiger charge is 2.24. The van der Waals surface area contributed by atoms with Gasteiger partial charge in [0.15, 0.2) is 0 Å². The van der Waals surface area contributed by atoms with Gasteiger partial charge in [0.1, 0.15) is 11.8 Å². The Morgan fingerprint density at radius 2 is 1.95 bits per heavy atom. The van der Waals surface area contributed by atoms with Crippen LogP contribution < -0.4 is 10.1 Å². The Kier molecular flexibility index (Phi) is 7.80. The molecule has 122 valence electrons. The number of aliphatic carboxylic acids is 1. The first-order chi connectivity index (χ1) is 10.5. The third-order valence-corrected chi connectivity index (χ3v) is 4.47. The number of carboxylic acids is 1. The zero-order valence-electron chi connectivity index (χ0n) is 13.2. The molecular weight excluding hydrogens is 302 g/mol. The maximum absolute atomic E-state index is 11.9. The lowest BCUT2D eigenvalue weighted by Crippen LogP contribution is -2.45. The van der Waals surface area contributed by atoms with Gasteiger partial charge in [0.2, 0.25) is 5.91 Å². The molecule has 5 nitrogen and oxygen atoms in total. The lowest BCUT2D eigenvalue weighted by atomic mass is 9.99. The smallest absolute Gasteiger partial charge is 0.326 e. The molecule has 0 bridgehead atoms. The Morgan fingerprint density at radius 1 is 1.32 bits per heavy atom. The summed E-state index contributed by atoms with van der Waals surface area (Å²) in [7, 11) is 1.61. The number of nitrogens with one attached hydrogen (secondary N) is 1. The van der Waals surface area contributed by atoms with Gasteiger partial charge in [0, 0.05) is 17.1 Å². The first kappa shape index (κ1) is 18.4. The molecule has 0 aliphatic rings. The topological polar surface area (TPSA) is 75.6 Å². The molecule has 22 heavy (non-hydrogen) atoms. The number of amides is 1. The van der Waals surface area contributed by atoms with Crippen LogP contribution in [-0.4, -0.2) is 35.9 Å². The Morgan fingerprint density at radius 3 is 2.45 bits per heavy atom. The number of hydrogen-bond acceptors (Lipinski definition) is 4. The van der Waals surface area contributed by atoms with Crippen LogP contribution in [0.4, 0.5) is 0 Å². The molecule has 0 unspecified atom stereocenters. The molecule has 0 saturated heterocycles. The average molecular weight is 325 g/mol. The van der Waals surface area contributed by atoms with E-state index in [-0.39, 0.29) is 18.2 Å². The molecule has 0 saturated carbocycles. The number of carbonyl (C=O) groups excluding carboxylic acids is 1. The van der Waals surface area contributed by atoms with E-state index in [1.165, 1.54) is 0 Å². The summed E-state index contributed by atoms with van der Waals surface area (Å²) in [6.07, 6.45) is 0.995. The molecule has 0 aliphatic heterocycles. The van der Waals surface area contributed by atoms with E-state index in [1.54, 1.807) is 18.9 Å². The normalized spacial score (nSPS) is 13.2. The van der Waals surface area contributed by atoms with Gasteiger partial charge in [-0.25, -0.2) is 4.79 Å². The van der Waals surface area contributed by atoms with Gasteiger partial charge in [-0.05, 0) is 30.2 Å². The third-order valence-electron chi connectivity index (χ3n) is 3.45. The van der Waals surface area contributed by atoms with E-state index in [0.717, 1.165) is 10.6 Å². The van der Waals surface area contributed by atoms with E-state index in [1.807, 2.05) is 38.1 Å². The molecule has 0 aliphatic carbocycles. The molecular formula is C16H23NO4S. The van der Waals surface area contributed by atoms with Crippen LogP contribution >= 0.6 is 11.8 Å². The van der Waals surface area contributed by atoms with Crippen LogP contribution in [0.2, 0.25) is 0 Å². The van der Waals surface area contributed by atoms with Crippen molar-refractivity contribution in [2.24, 2.45) is 5.92 Å². The highest BCUT2D eigenvalue weighted by Crippen LogP contribution is 2.21. The SMILES string of the molecule is CC[C@H](C)[C@H](NC(=O)CCSc1ccc(OC)cc1)C(=O)O. The van der Waals surface area contributed by atoms with Crippen molar-refractivity contribution in [1.82, 2.24) is 5.32 Å². The molecule has 1 rings (SSSR count). The van der Waals surface area contributed by atoms with Gasteiger partial charge in [-0.2, -0.15) is 0 Å². The van der Waals surface area contributed by atoms with Gasteiger partial charge in [0.25, 0.3) is 0 Å². The fourth-order valence-electron chi connectivity index (χ4n) is 1.86. The molecule has 1 amide bonds. The second kappa shape index (κ2) is 9.35. The zero-order chi connectivity index (χ0) is 16.5. The van der Waals surface area contributed by atoms with Gasteiger partial charge >= 0.3 is 5.97 Å². The van der Waals surface area contributed by atoms with Crippen LogP contribution in [-0.2, 0) is 9.59 Å². The minimum atomic E-state index is -0.981. The fourth-order valence-corrected chi connectivity index (χ4v) is 2.71. The van der Waals surface area contributed by atoms with Gasteiger partial charge < -0.3 is 15.2 Å². The summed E-state index contributed by atoms with van der Waals surface area (Å²) in [5.41, 5.74) is 0. The van der Waals surface area contributed by atoms with E-state index in [0.29, 0.717) is 12.2 Å². The Balaban J connectivity index is 2.39. The van der Waals surface area contributed by atoms with Gasteiger partial charge in [-0.15, -0.1) is 11.8 Å². The van der Waals surface area contributed by atoms with Crippen molar-refractivity contribution in [3.05, 3.63) is 24.3 Å². The minimum Gasteiger partial charge on any atom is -0.497 e. The lowest BCUT2D eigenvalue weighted by Gasteiger charge is -2.20. The van der Waals surface area contributed by atoms with E-state index in [9.17, 15) is 9.59 Å². The van der Waals surface area contributed by atoms with Gasteiger partial charge in [0.05, 0.1) is 7.11 Å². The maximum atomic E-state index is 11.9. The summed E-state index contributed by atoms with van der Waals surface area (Å²) in [5.74, 6) is 0.0974. The second-order valence-corrected chi connectivity index (χ2v) is 6.21. The first-order valence-electron chi connectivity index (χ1n) is 7.27. The quantitative estimate of drug-likeness (QED) is 0.683. The maximum Gasteiger partial charge on any atom is 0.326 e. The summed E-state index contributed by atoms with van der Waals surface area (Å²) < 4.78 is 5.08. The molecule has 2 N–H and O–H groups in total. The van der Waals surface area contributed by atoms with Crippen molar-refractivity contribution in [3.8, 4) is 5.75 Å². The van der Waals surface area contributed by atoms with E-state index in [2.05, 4.69) is 5.32 Å². The van der Waals surface area contributed by atoms with Crippen molar-refractivity contribution in [3.63, 3.8) is 0 Å². The molecule has 0 aromatic heterocycles. The number of methoxy groups -OCH3 is 1. The Labute approximate surface area is 135 Å². The van der Waals surface area contributed by atoms with E-state index >= 15 is 0 Å². The Bertz CT molecular complexity index is 489. The molecule has 0 fully saturated rings. The summed E-state index contributed by atoms with van der Waals surface area (Å²) in [6, 6.07) is 6.78. The summed E-state index contributed by atoms with van der Waals surface area (Å²) in [6.45, 7) is 3.73. The van der Waals surface area contributed by atoms with Crippen LogP contribution in [0.15, 0.2) is 29.2 Å². The van der Waals surface area contributed by atoms with Crippen LogP contribution in [0.5, 0.6) is 5.75 Å². The number of rotatable bonds is 9. The van der Waals surface area contributed by atoms with Crippen molar-refractivity contribution in [2.45, 2.75) is 37.6 Å². The third kappa shape index (κ3) is 5.97. The number of thioether (sulfide) groups is 1. The van der Waals surface area contributed by atoms with Crippen molar-refractivity contribution in [2.75, 3.05) is 12.9 Å². The molecule has 2 atom stereocenters. The summed E-state index contributed by atoms with van der Waals surface area (Å²) >= 11 is 1.55. The highest BCUT2D eigenvalue weighted by atomic mass is 32.2. The molecule has 0 radical (unpaired) electrons. The van der Waals surface area contributed by atoms with E-state index in [4.69, 9.17) is 9.84 Å². The lowest BCUT2D eigenvalue weighted by molar-refractivity contribution is -0.143. The monoisotopic (exact) mass is 325 g/mol. The van der Waals surface area contributed by atoms with Crippen molar-refractivity contribution in [1.29, 1.82) is 0 Å². The molecule has 0 spiro atoms. The zero-order valence-corrected chi connectivity index (χ0v) is 14.0. The summed E-state index contributed by atoms with van der Waals surface area (Å²) in [5, 5.41) is 11.7. The van der Waals surface area contributed by atoms with Crippen LogP contribution in [0.25, 0.3) is 0 Å². The first-order valence-corrected chi connectivity index (χ1v) is 8.25. The van der Waals surface area contributed by atoms with Gasteiger partial charge in [-0.3, -0.25) is 4.79 Å². The average Bonchev–Trinajstić information content (AvgIpc) is 2.52. The largest absolute Gasteiger partial charge is 0.497 e. The van der Waals surface area contributed by atoms with Crippen molar-refractivity contribution >= 4 is 23.6 Å². The minimum absolute atomic E-state index is 0.0873. The number of carbonyl (C=O) groups is 2. The molecule has 1 aromatic rings. The van der Waals surface area contributed by atoms with Crippen LogP contribution in [0.3, 0.4) is 0 Å². The predicted octanol–water partition coefficient (Wildman–Crippen LogP) is 2.79. The van der Waals surface area contributed by atoms with Crippen molar-refractivity contribution < 1.29 is 19.4 Å². The van der Waals surface area contributed by atoms with E-state index < -0.39 is 12.0 Å². The van der Waals surface area contributed by atoms with Gasteiger partial charge in [-0.1, -0.05) is 20.3 Å². The summed E-state index contributed by atoms with van der Waals surface area (Å²) in [4.78, 5) is 24.1. The number of benzene rings is 1. The highest BCUT2D eigenvalue weighted by molar-refractivity contribution is 7.99. The predicted molar refractivity (Wildman–Crippen MR) is 87.4 cm³/mol. The Hall–Kier alpha value is -1.69. The second-order valence-electron chi connectivity index (χ2n) is 5.04. The molecule has 0 heterocycles. The van der Waals surface area contributed by atoms with Crippen LogP contribution in [0, 0.1) is 5.92 Å². The molecule has 1 aromatic carbocycles. The fraction of sp³-hybridized carbons (Fsp3) is 0.500. The van der Waals surface area contributed by atoms with Crippen LogP contribution in [0.1, 0.15) is 26.7 Å².